The van der Waals surface area contributed by atoms with Crippen molar-refractivity contribution in [2.45, 2.75) is 18.9 Å². The van der Waals surface area contributed by atoms with E-state index in [4.69, 9.17) is 15.9 Å². The number of rotatable bonds is 4. The van der Waals surface area contributed by atoms with E-state index in [-0.39, 0.29) is 51.2 Å². The molecule has 0 fully saturated rings. The summed E-state index contributed by atoms with van der Waals surface area (Å²) in [4.78, 5) is 19.9. The normalized spacial score (nSPS) is 10.4. The molecule has 0 aliphatic rings. The van der Waals surface area contributed by atoms with Crippen molar-refractivity contribution in [3.8, 4) is 0 Å². The van der Waals surface area contributed by atoms with Crippen molar-refractivity contribution >= 4 is 47.4 Å². The van der Waals surface area contributed by atoms with Gasteiger partial charge in [-0.25, -0.2) is 0 Å². The van der Waals surface area contributed by atoms with Gasteiger partial charge in [-0.15, -0.1) is 12.4 Å². The van der Waals surface area contributed by atoms with E-state index in [1.54, 1.807) is 0 Å². The van der Waals surface area contributed by atoms with Gasteiger partial charge in [0.25, 0.3) is 0 Å². The van der Waals surface area contributed by atoms with Crippen LogP contribution < -0.4 is 5.73 Å². The van der Waals surface area contributed by atoms with Gasteiger partial charge in [-0.1, -0.05) is 0 Å². The minimum Gasteiger partial charge on any atom is -1.00 e. The maximum absolute atomic E-state index is 9.99. The Hall–Kier alpha value is -0.0438. The second kappa shape index (κ2) is 9.05. The van der Waals surface area contributed by atoms with Crippen LogP contribution in [0.1, 0.15) is 15.7 Å². The summed E-state index contributed by atoms with van der Waals surface area (Å²) in [6.07, 6.45) is -0.224. The zero-order valence-electron chi connectivity index (χ0n) is 8.40. The fraction of sp³-hybridized carbons (Fsp3) is 0.600. The molecule has 0 aliphatic carbocycles. The maximum Gasteiger partial charge on any atom is 2.00 e. The molecule has 7 heteroatoms. The van der Waals surface area contributed by atoms with E-state index in [0.29, 0.717) is 0 Å². The Bertz CT molecular complexity index is 163. The first-order chi connectivity index (χ1) is 4.54. The SMILES string of the molecule is Cl.N[C@@H](CCC(=O)O)C(=O)O.[H-].[H-].[Mg+2]. The molecule has 1 atom stereocenters. The summed E-state index contributed by atoms with van der Waals surface area (Å²) in [5.41, 5.74) is 5.00. The van der Waals surface area contributed by atoms with Crippen molar-refractivity contribution in [2.24, 2.45) is 5.73 Å². The molecule has 0 aromatic carbocycles. The van der Waals surface area contributed by atoms with Gasteiger partial charge in [0.15, 0.2) is 0 Å². The van der Waals surface area contributed by atoms with E-state index in [1.807, 2.05) is 0 Å². The molecule has 5 nitrogen and oxygen atoms in total. The van der Waals surface area contributed by atoms with E-state index >= 15 is 0 Å². The summed E-state index contributed by atoms with van der Waals surface area (Å²) in [5, 5.41) is 16.3. The Morgan fingerprint density at radius 2 is 1.83 bits per heavy atom. The van der Waals surface area contributed by atoms with Crippen LogP contribution in [-0.2, 0) is 9.59 Å². The van der Waals surface area contributed by atoms with Crippen LogP contribution in [0, 0.1) is 0 Å². The van der Waals surface area contributed by atoms with E-state index in [0.717, 1.165) is 0 Å². The molecule has 0 aromatic rings. The smallest absolute Gasteiger partial charge is 1.00 e. The molecule has 12 heavy (non-hydrogen) atoms. The van der Waals surface area contributed by atoms with Crippen LogP contribution in [0.15, 0.2) is 0 Å². The molecule has 0 aliphatic heterocycles. The Morgan fingerprint density at radius 1 is 1.42 bits per heavy atom. The molecule has 0 rings (SSSR count). The van der Waals surface area contributed by atoms with Gasteiger partial charge in [-0.2, -0.15) is 0 Å². The third-order valence-electron chi connectivity index (χ3n) is 0.986. The fourth-order valence-corrected chi connectivity index (χ4v) is 0.402. The summed E-state index contributed by atoms with van der Waals surface area (Å²) in [6, 6.07) is -1.06. The second-order valence-corrected chi connectivity index (χ2v) is 1.88. The Balaban J connectivity index is -0.0000000675. The Morgan fingerprint density at radius 3 is 2.08 bits per heavy atom. The van der Waals surface area contributed by atoms with Crippen molar-refractivity contribution in [3.63, 3.8) is 0 Å². The summed E-state index contributed by atoms with van der Waals surface area (Å²) < 4.78 is 0. The molecule has 0 bridgehead atoms. The van der Waals surface area contributed by atoms with E-state index in [9.17, 15) is 9.59 Å². The Kier molecular flexibility index (Phi) is 13.5. The molecule has 0 saturated carbocycles. The summed E-state index contributed by atoms with van der Waals surface area (Å²) in [7, 11) is 0. The second-order valence-electron chi connectivity index (χ2n) is 1.88. The Labute approximate surface area is 94.8 Å². The first-order valence-corrected chi connectivity index (χ1v) is 2.74. The third-order valence-corrected chi connectivity index (χ3v) is 0.986. The molecule has 0 unspecified atom stereocenters. The standard InChI is InChI=1S/C5H9NO4.ClH.Mg.2H/c6-3(5(9)10)1-2-4(7)8;;;;/h3H,1-2,6H2,(H,7,8)(H,9,10);1H;;;/q;;+2;2*-1/t3-;;;;/m0..../s1. The van der Waals surface area contributed by atoms with Crippen LogP contribution in [0.2, 0.25) is 0 Å². The molecular weight excluding hydrogens is 198 g/mol. The molecule has 4 N–H and O–H groups in total. The monoisotopic (exact) mass is 209 g/mol. The van der Waals surface area contributed by atoms with Crippen LogP contribution in [0.25, 0.3) is 0 Å². The third kappa shape index (κ3) is 9.96. The molecule has 0 saturated heterocycles. The predicted octanol–water partition coefficient (Wildman–Crippen LogP) is -0.471. The van der Waals surface area contributed by atoms with Crippen molar-refractivity contribution in [1.82, 2.24) is 0 Å². The van der Waals surface area contributed by atoms with Crippen LogP contribution >= 0.6 is 12.4 Å². The first-order valence-electron chi connectivity index (χ1n) is 2.74. The van der Waals surface area contributed by atoms with Gasteiger partial charge in [0.05, 0.1) is 0 Å². The average Bonchev–Trinajstić information content (AvgIpc) is 1.82. The van der Waals surface area contributed by atoms with Gasteiger partial charge >= 0.3 is 35.0 Å². The molecule has 70 valence electrons. The van der Waals surface area contributed by atoms with Gasteiger partial charge in [-0.3, -0.25) is 9.59 Å². The van der Waals surface area contributed by atoms with Gasteiger partial charge in [0, 0.05) is 6.42 Å². The number of hydrogen-bond acceptors (Lipinski definition) is 3. The van der Waals surface area contributed by atoms with Gasteiger partial charge in [0.2, 0.25) is 0 Å². The molecule has 0 spiro atoms. The zero-order chi connectivity index (χ0) is 8.15. The zero-order valence-corrected chi connectivity index (χ0v) is 8.63. The van der Waals surface area contributed by atoms with Crippen LogP contribution in [0.3, 0.4) is 0 Å². The minimum absolute atomic E-state index is 0. The van der Waals surface area contributed by atoms with E-state index in [2.05, 4.69) is 0 Å². The number of aliphatic carboxylic acids is 2. The fourth-order valence-electron chi connectivity index (χ4n) is 0.402. The summed E-state index contributed by atoms with van der Waals surface area (Å²) in [5.74, 6) is -2.20. The number of carbonyl (C=O) groups is 2. The predicted molar refractivity (Wildman–Crippen MR) is 47.7 cm³/mol. The van der Waals surface area contributed by atoms with Gasteiger partial charge in [0.1, 0.15) is 6.04 Å². The number of hydrogen-bond donors (Lipinski definition) is 3. The van der Waals surface area contributed by atoms with Gasteiger partial charge in [-0.05, 0) is 6.42 Å². The van der Waals surface area contributed by atoms with Crippen molar-refractivity contribution in [2.75, 3.05) is 0 Å². The summed E-state index contributed by atoms with van der Waals surface area (Å²) in [6.45, 7) is 0. The number of nitrogens with two attached hydrogens (primary N) is 1. The average molecular weight is 210 g/mol. The summed E-state index contributed by atoms with van der Waals surface area (Å²) >= 11 is 0. The number of halogens is 1. The van der Waals surface area contributed by atoms with Crippen LogP contribution in [0.5, 0.6) is 0 Å². The topological polar surface area (TPSA) is 101 Å². The van der Waals surface area contributed by atoms with Crippen molar-refractivity contribution < 1.29 is 22.7 Å². The minimum atomic E-state index is -1.17. The van der Waals surface area contributed by atoms with Crippen LogP contribution in [0.4, 0.5) is 0 Å². The number of carboxylic acid groups (broad SMARTS) is 2. The first kappa shape index (κ1) is 17.9. The van der Waals surface area contributed by atoms with Gasteiger partial charge < -0.3 is 18.8 Å². The molecule has 0 aromatic heterocycles. The molecule has 0 amide bonds. The molecular formula is C5H12ClMgNO4. The van der Waals surface area contributed by atoms with Crippen LogP contribution in [-0.4, -0.2) is 51.2 Å². The maximum atomic E-state index is 9.99. The molecule has 0 heterocycles. The number of carboxylic acids is 2. The van der Waals surface area contributed by atoms with Crippen molar-refractivity contribution in [1.29, 1.82) is 0 Å². The van der Waals surface area contributed by atoms with Crippen molar-refractivity contribution in [3.05, 3.63) is 0 Å². The van der Waals surface area contributed by atoms with E-state index < -0.39 is 18.0 Å². The quantitative estimate of drug-likeness (QED) is 0.544. The molecule has 0 radical (unpaired) electrons. The largest absolute Gasteiger partial charge is 2.00 e. The van der Waals surface area contributed by atoms with E-state index in [1.165, 1.54) is 0 Å².